The van der Waals surface area contributed by atoms with E-state index in [1.807, 2.05) is 4.57 Å². The van der Waals surface area contributed by atoms with Crippen LogP contribution in [0.15, 0.2) is 28.3 Å². The highest BCUT2D eigenvalue weighted by atomic mass is 32.2. The average molecular weight is 532 g/mol. The molecule has 5 rings (SSSR count). The van der Waals surface area contributed by atoms with Crippen LogP contribution in [-0.4, -0.2) is 35.4 Å². The number of thioether (sulfide) groups is 1. The van der Waals surface area contributed by atoms with Crippen molar-refractivity contribution < 1.29 is 30.4 Å². The minimum atomic E-state index is -3.67. The standard InChI is InChI=1S/C23H22F5N3O2S2/c24-18-15(19(25)21(27)22(28)20(18)26)12-34-23-29-16-11-14(35(32,33)30-9-3-4-10-30)7-8-17(16)31(23)13-5-1-2-6-13/h7-8,11,13H,1-6,9-10,12H2. The molecule has 35 heavy (non-hydrogen) atoms. The van der Waals surface area contributed by atoms with E-state index in [0.717, 1.165) is 50.3 Å². The summed E-state index contributed by atoms with van der Waals surface area (Å²) in [4.78, 5) is 4.64. The molecule has 2 fully saturated rings. The molecule has 0 N–H and O–H groups in total. The van der Waals surface area contributed by atoms with Gasteiger partial charge in [0.25, 0.3) is 0 Å². The van der Waals surface area contributed by atoms with Gasteiger partial charge in [-0.1, -0.05) is 24.6 Å². The second kappa shape index (κ2) is 9.36. The quantitative estimate of drug-likeness (QED) is 0.171. The topological polar surface area (TPSA) is 55.2 Å². The third-order valence-corrected chi connectivity index (χ3v) is 9.54. The van der Waals surface area contributed by atoms with Gasteiger partial charge in [0.2, 0.25) is 15.8 Å². The lowest BCUT2D eigenvalue weighted by Gasteiger charge is -2.17. The number of nitrogens with zero attached hydrogens (tertiary/aromatic N) is 3. The van der Waals surface area contributed by atoms with E-state index < -0.39 is 50.4 Å². The van der Waals surface area contributed by atoms with Crippen LogP contribution in [0.25, 0.3) is 11.0 Å². The van der Waals surface area contributed by atoms with Crippen LogP contribution in [-0.2, 0) is 15.8 Å². The Bertz CT molecular complexity index is 1370. The number of hydrogen-bond donors (Lipinski definition) is 0. The maximum Gasteiger partial charge on any atom is 0.243 e. The normalized spacial score (nSPS) is 17.7. The maximum absolute atomic E-state index is 14.2. The van der Waals surface area contributed by atoms with Crippen LogP contribution in [0, 0.1) is 29.1 Å². The first kappa shape index (κ1) is 24.5. The molecule has 3 aromatic rings. The molecule has 0 amide bonds. The SMILES string of the molecule is O=S(=O)(c1ccc2c(c1)nc(SCc1c(F)c(F)c(F)c(F)c1F)n2C1CCCC1)N1CCCC1. The molecule has 1 saturated carbocycles. The van der Waals surface area contributed by atoms with Crippen LogP contribution in [0.1, 0.15) is 50.1 Å². The number of sulfonamides is 1. The third-order valence-electron chi connectivity index (χ3n) is 6.67. The summed E-state index contributed by atoms with van der Waals surface area (Å²) < 4.78 is 98.5. The van der Waals surface area contributed by atoms with Crippen molar-refractivity contribution in [3.8, 4) is 0 Å². The van der Waals surface area contributed by atoms with Crippen molar-refractivity contribution in [1.29, 1.82) is 0 Å². The van der Waals surface area contributed by atoms with Gasteiger partial charge in [-0.3, -0.25) is 0 Å². The van der Waals surface area contributed by atoms with E-state index in [-0.39, 0.29) is 10.9 Å². The molecule has 1 aliphatic carbocycles. The summed E-state index contributed by atoms with van der Waals surface area (Å²) in [5.41, 5.74) is 0.142. The highest BCUT2D eigenvalue weighted by molar-refractivity contribution is 7.98. The molecule has 2 aliphatic rings. The number of benzene rings is 2. The molecular weight excluding hydrogens is 509 g/mol. The van der Waals surface area contributed by atoms with E-state index >= 15 is 0 Å². The summed E-state index contributed by atoms with van der Waals surface area (Å²) in [6, 6.07) is 4.73. The molecule has 0 radical (unpaired) electrons. The van der Waals surface area contributed by atoms with Crippen molar-refractivity contribution >= 4 is 32.8 Å². The summed E-state index contributed by atoms with van der Waals surface area (Å²) in [6.07, 6.45) is 5.25. The fourth-order valence-electron chi connectivity index (χ4n) is 4.83. The summed E-state index contributed by atoms with van der Waals surface area (Å²) in [5.74, 6) is -10.4. The summed E-state index contributed by atoms with van der Waals surface area (Å²) >= 11 is 0.859. The Morgan fingerprint density at radius 1 is 0.886 bits per heavy atom. The molecule has 5 nitrogen and oxygen atoms in total. The van der Waals surface area contributed by atoms with E-state index in [2.05, 4.69) is 4.98 Å². The molecule has 1 aliphatic heterocycles. The Kier molecular flexibility index (Phi) is 6.56. The predicted octanol–water partition coefficient (Wildman–Crippen LogP) is 5.92. The van der Waals surface area contributed by atoms with E-state index in [1.54, 1.807) is 6.07 Å². The van der Waals surface area contributed by atoms with Gasteiger partial charge in [0.1, 0.15) is 0 Å². The van der Waals surface area contributed by atoms with Gasteiger partial charge in [-0.05, 0) is 43.9 Å². The van der Waals surface area contributed by atoms with Crippen LogP contribution in [0.4, 0.5) is 22.0 Å². The fourth-order valence-corrected chi connectivity index (χ4v) is 7.44. The van der Waals surface area contributed by atoms with Gasteiger partial charge >= 0.3 is 0 Å². The largest absolute Gasteiger partial charge is 0.316 e. The van der Waals surface area contributed by atoms with Crippen molar-refractivity contribution in [2.24, 2.45) is 0 Å². The molecule has 0 atom stereocenters. The first-order valence-corrected chi connectivity index (χ1v) is 13.8. The van der Waals surface area contributed by atoms with E-state index in [1.165, 1.54) is 16.4 Å². The van der Waals surface area contributed by atoms with Crippen LogP contribution >= 0.6 is 11.8 Å². The molecule has 2 aromatic carbocycles. The molecule has 188 valence electrons. The van der Waals surface area contributed by atoms with Crippen LogP contribution in [0.5, 0.6) is 0 Å². The fraction of sp³-hybridized carbons (Fsp3) is 0.435. The zero-order valence-corrected chi connectivity index (χ0v) is 20.2. The van der Waals surface area contributed by atoms with Gasteiger partial charge in [-0.2, -0.15) is 4.31 Å². The maximum atomic E-state index is 14.2. The minimum absolute atomic E-state index is 0.0416. The zero-order chi connectivity index (χ0) is 24.9. The number of halogens is 5. The summed E-state index contributed by atoms with van der Waals surface area (Å²) in [7, 11) is -3.67. The van der Waals surface area contributed by atoms with Crippen molar-refractivity contribution in [2.45, 2.75) is 60.4 Å². The average Bonchev–Trinajstić information content (AvgIpc) is 3.61. The van der Waals surface area contributed by atoms with Crippen LogP contribution in [0.2, 0.25) is 0 Å². The van der Waals surface area contributed by atoms with Gasteiger partial charge in [-0.25, -0.2) is 35.4 Å². The molecule has 1 aromatic heterocycles. The second-order valence-corrected chi connectivity index (χ2v) is 11.7. The van der Waals surface area contributed by atoms with Crippen LogP contribution in [0.3, 0.4) is 0 Å². The van der Waals surface area contributed by atoms with Crippen molar-refractivity contribution in [3.63, 3.8) is 0 Å². The van der Waals surface area contributed by atoms with E-state index in [0.29, 0.717) is 29.3 Å². The Labute approximate surface area is 203 Å². The highest BCUT2D eigenvalue weighted by Crippen LogP contribution is 2.39. The number of imidazole rings is 1. The Balaban J connectivity index is 1.54. The number of fused-ring (bicyclic) bond motifs is 1. The highest BCUT2D eigenvalue weighted by Gasteiger charge is 2.30. The lowest BCUT2D eigenvalue weighted by molar-refractivity contribution is 0.372. The van der Waals surface area contributed by atoms with Gasteiger partial charge in [-0.15, -0.1) is 0 Å². The minimum Gasteiger partial charge on any atom is -0.316 e. The van der Waals surface area contributed by atoms with Crippen molar-refractivity contribution in [3.05, 3.63) is 52.8 Å². The Morgan fingerprint density at radius 3 is 2.11 bits per heavy atom. The number of hydrogen-bond acceptors (Lipinski definition) is 4. The number of aromatic nitrogens is 2. The summed E-state index contributed by atoms with van der Waals surface area (Å²) in [5, 5.41) is 0.339. The van der Waals surface area contributed by atoms with Gasteiger partial charge in [0.15, 0.2) is 28.4 Å². The van der Waals surface area contributed by atoms with Gasteiger partial charge in [0, 0.05) is 30.4 Å². The first-order chi connectivity index (χ1) is 16.7. The molecule has 0 bridgehead atoms. The lowest BCUT2D eigenvalue weighted by Crippen LogP contribution is -2.27. The predicted molar refractivity (Wildman–Crippen MR) is 121 cm³/mol. The molecule has 12 heteroatoms. The first-order valence-electron chi connectivity index (χ1n) is 11.4. The van der Waals surface area contributed by atoms with E-state index in [4.69, 9.17) is 0 Å². The van der Waals surface area contributed by atoms with E-state index in [9.17, 15) is 30.4 Å². The zero-order valence-electron chi connectivity index (χ0n) is 18.5. The van der Waals surface area contributed by atoms with Gasteiger partial charge < -0.3 is 4.57 Å². The lowest BCUT2D eigenvalue weighted by atomic mass is 10.2. The third kappa shape index (κ3) is 4.23. The van der Waals surface area contributed by atoms with Crippen molar-refractivity contribution in [1.82, 2.24) is 13.9 Å². The molecular formula is C23H22F5N3O2S2. The Hall–Kier alpha value is -2.18. The molecule has 2 heterocycles. The molecule has 1 saturated heterocycles. The second-order valence-electron chi connectivity index (χ2n) is 8.80. The Morgan fingerprint density at radius 2 is 1.49 bits per heavy atom. The number of rotatable bonds is 6. The van der Waals surface area contributed by atoms with Crippen molar-refractivity contribution in [2.75, 3.05) is 13.1 Å². The van der Waals surface area contributed by atoms with Crippen LogP contribution < -0.4 is 0 Å². The monoisotopic (exact) mass is 531 g/mol. The van der Waals surface area contributed by atoms with Gasteiger partial charge in [0.05, 0.1) is 15.9 Å². The summed E-state index contributed by atoms with van der Waals surface area (Å²) in [6.45, 7) is 0.916. The smallest absolute Gasteiger partial charge is 0.243 e. The molecule has 0 spiro atoms. The molecule has 0 unspecified atom stereocenters.